The van der Waals surface area contributed by atoms with E-state index in [0.717, 1.165) is 0 Å². The number of amides is 1. The van der Waals surface area contributed by atoms with E-state index < -0.39 is 27.6 Å². The highest BCUT2D eigenvalue weighted by Gasteiger charge is 2.26. The van der Waals surface area contributed by atoms with E-state index in [0.29, 0.717) is 18.1 Å². The third-order valence-corrected chi connectivity index (χ3v) is 5.24. The van der Waals surface area contributed by atoms with Crippen molar-refractivity contribution in [3.63, 3.8) is 0 Å². The van der Waals surface area contributed by atoms with Crippen molar-refractivity contribution in [1.29, 1.82) is 0 Å². The lowest BCUT2D eigenvalue weighted by Gasteiger charge is -2.14. The molecule has 1 fully saturated rings. The third-order valence-electron chi connectivity index (χ3n) is 3.36. The van der Waals surface area contributed by atoms with Crippen LogP contribution in [0.15, 0.2) is 29.2 Å². The van der Waals surface area contributed by atoms with Gasteiger partial charge in [-0.1, -0.05) is 11.6 Å². The van der Waals surface area contributed by atoms with Gasteiger partial charge in [0.1, 0.15) is 5.75 Å². The number of nitrogens with one attached hydrogen (secondary N) is 2. The van der Waals surface area contributed by atoms with Gasteiger partial charge in [0.25, 0.3) is 0 Å². The number of β-amino-alcohol motifs (C(OH)–C–C–N with tert-alkyl or cyclic N) is 1. The van der Waals surface area contributed by atoms with Crippen molar-refractivity contribution < 1.29 is 18.3 Å². The minimum absolute atomic E-state index is 0.0598. The molecular weight excluding hydrogens is 316 g/mol. The first kappa shape index (κ1) is 16.2. The van der Waals surface area contributed by atoms with Crippen LogP contribution in [0.4, 0.5) is 0 Å². The van der Waals surface area contributed by atoms with Gasteiger partial charge in [0.2, 0.25) is 5.91 Å². The van der Waals surface area contributed by atoms with Gasteiger partial charge in [-0.05, 0) is 24.3 Å². The third kappa shape index (κ3) is 4.41. The number of hydrogen-bond acceptors (Lipinski definition) is 5. The zero-order valence-corrected chi connectivity index (χ0v) is 12.8. The molecule has 8 heteroatoms. The number of hydrogen-bond donors (Lipinski definition) is 3. The van der Waals surface area contributed by atoms with Crippen molar-refractivity contribution in [1.82, 2.24) is 10.6 Å². The number of carbonyl (C=O) groups excluding carboxylic acids is 1. The molecular formula is C13H17ClN2O4S. The lowest BCUT2D eigenvalue weighted by atomic mass is 10.1. The average molecular weight is 333 g/mol. The number of aliphatic hydroxyl groups is 1. The molecule has 1 aliphatic rings. The Morgan fingerprint density at radius 2 is 2.00 bits per heavy atom. The Balaban J connectivity index is 1.90. The van der Waals surface area contributed by atoms with E-state index in [1.165, 1.54) is 24.3 Å². The van der Waals surface area contributed by atoms with Gasteiger partial charge in [0.15, 0.2) is 9.84 Å². The minimum atomic E-state index is -3.68. The van der Waals surface area contributed by atoms with Gasteiger partial charge in [0.05, 0.1) is 11.0 Å². The summed E-state index contributed by atoms with van der Waals surface area (Å²) in [5.74, 6) is -1.29. The molecule has 0 radical (unpaired) electrons. The van der Waals surface area contributed by atoms with Gasteiger partial charge in [-0.15, -0.1) is 0 Å². The fraction of sp³-hybridized carbons (Fsp3) is 0.462. The summed E-state index contributed by atoms with van der Waals surface area (Å²) in [6.45, 7) is 1.35. The Morgan fingerprint density at radius 1 is 1.33 bits per heavy atom. The topological polar surface area (TPSA) is 95.5 Å². The number of aliphatic hydroxyl groups excluding tert-OH is 1. The molecule has 1 saturated heterocycles. The molecule has 0 bridgehead atoms. The van der Waals surface area contributed by atoms with Crippen LogP contribution in [0.25, 0.3) is 0 Å². The number of rotatable bonds is 5. The van der Waals surface area contributed by atoms with Crippen LogP contribution in [0, 0.1) is 5.92 Å². The molecule has 6 nitrogen and oxygen atoms in total. The second kappa shape index (κ2) is 6.74. The quantitative estimate of drug-likeness (QED) is 0.694. The van der Waals surface area contributed by atoms with E-state index in [4.69, 9.17) is 11.6 Å². The molecule has 2 atom stereocenters. The molecule has 21 heavy (non-hydrogen) atoms. The summed E-state index contributed by atoms with van der Waals surface area (Å²) in [6, 6.07) is 5.67. The maximum Gasteiger partial charge on any atom is 0.235 e. The number of sulfone groups is 1. The highest BCUT2D eigenvalue weighted by Crippen LogP contribution is 2.15. The van der Waals surface area contributed by atoms with Gasteiger partial charge in [-0.2, -0.15) is 0 Å². The molecule has 2 rings (SSSR count). The van der Waals surface area contributed by atoms with Crippen LogP contribution in [0.1, 0.15) is 0 Å². The molecule has 1 aromatic carbocycles. The Morgan fingerprint density at radius 3 is 2.57 bits per heavy atom. The highest BCUT2D eigenvalue weighted by molar-refractivity contribution is 7.92. The van der Waals surface area contributed by atoms with Crippen molar-refractivity contribution in [3.05, 3.63) is 29.3 Å². The largest absolute Gasteiger partial charge is 0.391 e. The predicted molar refractivity (Wildman–Crippen MR) is 78.9 cm³/mol. The number of carbonyl (C=O) groups is 1. The van der Waals surface area contributed by atoms with Crippen molar-refractivity contribution in [3.8, 4) is 0 Å². The molecule has 0 aliphatic carbocycles. The van der Waals surface area contributed by atoms with Crippen molar-refractivity contribution in [2.75, 3.05) is 25.4 Å². The van der Waals surface area contributed by atoms with Crippen LogP contribution in [0.3, 0.4) is 0 Å². The zero-order valence-electron chi connectivity index (χ0n) is 11.3. The van der Waals surface area contributed by atoms with Crippen molar-refractivity contribution >= 4 is 27.3 Å². The Labute approximate surface area is 128 Å². The predicted octanol–water partition coefficient (Wildman–Crippen LogP) is -0.190. The summed E-state index contributed by atoms with van der Waals surface area (Å²) < 4.78 is 24.1. The summed E-state index contributed by atoms with van der Waals surface area (Å²) in [5, 5.41) is 15.6. The molecule has 3 N–H and O–H groups in total. The van der Waals surface area contributed by atoms with Crippen LogP contribution in [0.2, 0.25) is 5.02 Å². The van der Waals surface area contributed by atoms with E-state index in [1.807, 2.05) is 0 Å². The first-order chi connectivity index (χ1) is 9.88. The SMILES string of the molecule is O=C(CS(=O)(=O)c1ccc(Cl)cc1)NCC1CNCC1O. The van der Waals surface area contributed by atoms with Crippen LogP contribution in [-0.2, 0) is 14.6 Å². The highest BCUT2D eigenvalue weighted by atomic mass is 35.5. The minimum Gasteiger partial charge on any atom is -0.391 e. The van der Waals surface area contributed by atoms with Gasteiger partial charge in [0, 0.05) is 30.6 Å². The Kier molecular flexibility index (Phi) is 5.21. The fourth-order valence-electron chi connectivity index (χ4n) is 2.12. The lowest BCUT2D eigenvalue weighted by molar-refractivity contribution is -0.118. The van der Waals surface area contributed by atoms with Gasteiger partial charge < -0.3 is 15.7 Å². The first-order valence-electron chi connectivity index (χ1n) is 6.52. The molecule has 1 aromatic rings. The lowest BCUT2D eigenvalue weighted by Crippen LogP contribution is -2.37. The molecule has 116 valence electrons. The van der Waals surface area contributed by atoms with E-state index in [9.17, 15) is 18.3 Å². The van der Waals surface area contributed by atoms with Crippen LogP contribution >= 0.6 is 11.6 Å². The van der Waals surface area contributed by atoms with Gasteiger partial charge >= 0.3 is 0 Å². The van der Waals surface area contributed by atoms with Crippen molar-refractivity contribution in [2.24, 2.45) is 5.92 Å². The van der Waals surface area contributed by atoms with E-state index >= 15 is 0 Å². The molecule has 0 aromatic heterocycles. The second-order valence-electron chi connectivity index (χ2n) is 5.00. The molecule has 1 heterocycles. The first-order valence-corrected chi connectivity index (χ1v) is 8.55. The summed E-state index contributed by atoms with van der Waals surface area (Å²) >= 11 is 5.70. The average Bonchev–Trinajstić information content (AvgIpc) is 2.82. The van der Waals surface area contributed by atoms with E-state index in [-0.39, 0.29) is 17.4 Å². The summed E-state index contributed by atoms with van der Waals surface area (Å²) in [7, 11) is -3.68. The maximum atomic E-state index is 12.0. The maximum absolute atomic E-state index is 12.0. The standard InChI is InChI=1S/C13H17ClN2O4S/c14-10-1-3-11(4-2-10)21(19,20)8-13(18)16-6-9-5-15-7-12(9)17/h1-4,9,12,15,17H,5-8H2,(H,16,18). The van der Waals surface area contributed by atoms with Crippen molar-refractivity contribution in [2.45, 2.75) is 11.0 Å². The van der Waals surface area contributed by atoms with Crippen LogP contribution in [0.5, 0.6) is 0 Å². The van der Waals surface area contributed by atoms with E-state index in [2.05, 4.69) is 10.6 Å². The summed E-state index contributed by atoms with van der Waals surface area (Å²) in [5.41, 5.74) is 0. The van der Waals surface area contributed by atoms with Gasteiger partial charge in [-0.25, -0.2) is 8.42 Å². The smallest absolute Gasteiger partial charge is 0.235 e. The Bertz CT molecular complexity index is 603. The zero-order chi connectivity index (χ0) is 15.5. The summed E-state index contributed by atoms with van der Waals surface area (Å²) in [4.78, 5) is 11.8. The second-order valence-corrected chi connectivity index (χ2v) is 7.43. The normalized spacial score (nSPS) is 22.2. The molecule has 1 aliphatic heterocycles. The number of benzene rings is 1. The molecule has 0 spiro atoms. The molecule has 0 saturated carbocycles. The Hall–Kier alpha value is -1.15. The van der Waals surface area contributed by atoms with Gasteiger partial charge in [-0.3, -0.25) is 4.79 Å². The van der Waals surface area contributed by atoms with E-state index in [1.54, 1.807) is 0 Å². The van der Waals surface area contributed by atoms with Crippen LogP contribution in [-0.4, -0.2) is 50.9 Å². The monoisotopic (exact) mass is 332 g/mol. The summed E-state index contributed by atoms with van der Waals surface area (Å²) in [6.07, 6.45) is -0.516. The number of halogens is 1. The fourth-order valence-corrected chi connectivity index (χ4v) is 3.41. The van der Waals surface area contributed by atoms with Crippen LogP contribution < -0.4 is 10.6 Å². The molecule has 1 amide bonds. The molecule has 2 unspecified atom stereocenters.